The Labute approximate surface area is 143 Å². The molecule has 2 atom stereocenters. The molecular formula is C22H20N2. The molecule has 2 nitrogen and oxygen atoms in total. The first-order valence-corrected chi connectivity index (χ1v) is 8.30. The number of hydrogen-bond acceptors (Lipinski definition) is 2. The van der Waals surface area contributed by atoms with Crippen LogP contribution in [0.5, 0.6) is 0 Å². The van der Waals surface area contributed by atoms with Gasteiger partial charge in [0.25, 0.3) is 0 Å². The van der Waals surface area contributed by atoms with Crippen LogP contribution in [0.4, 0.5) is 0 Å². The molecule has 0 radical (unpaired) electrons. The maximum Gasteiger partial charge on any atom is 0.131 e. The summed E-state index contributed by atoms with van der Waals surface area (Å²) in [6, 6.07) is 32.0. The minimum absolute atomic E-state index is 0.105. The Morgan fingerprint density at radius 1 is 0.667 bits per heavy atom. The highest BCUT2D eigenvalue weighted by Crippen LogP contribution is 2.42. The highest BCUT2D eigenvalue weighted by Gasteiger charge is 2.36. The topological polar surface area (TPSA) is 15.6 Å². The first kappa shape index (κ1) is 14.7. The molecule has 118 valence electrons. The number of amidine groups is 1. The van der Waals surface area contributed by atoms with Gasteiger partial charge in [-0.05, 0) is 11.1 Å². The number of likely N-dealkylation sites (N-methyl/N-ethyl adjacent to an activating group) is 1. The van der Waals surface area contributed by atoms with Crippen molar-refractivity contribution in [2.45, 2.75) is 12.1 Å². The second kappa shape index (κ2) is 6.32. The molecule has 0 bridgehead atoms. The molecule has 0 N–H and O–H groups in total. The summed E-state index contributed by atoms with van der Waals surface area (Å²) in [5, 5.41) is 0. The monoisotopic (exact) mass is 312 g/mol. The van der Waals surface area contributed by atoms with Crippen molar-refractivity contribution in [1.82, 2.24) is 4.90 Å². The zero-order valence-corrected chi connectivity index (χ0v) is 13.7. The Balaban J connectivity index is 1.81. The zero-order chi connectivity index (χ0) is 16.4. The number of nitrogens with zero attached hydrogens (tertiary/aromatic N) is 2. The van der Waals surface area contributed by atoms with Crippen LogP contribution in [0.15, 0.2) is 96.0 Å². The lowest BCUT2D eigenvalue weighted by molar-refractivity contribution is 0.364. The fourth-order valence-corrected chi connectivity index (χ4v) is 3.47. The fourth-order valence-electron chi connectivity index (χ4n) is 3.47. The van der Waals surface area contributed by atoms with Crippen LogP contribution in [0.2, 0.25) is 0 Å². The largest absolute Gasteiger partial charge is 0.350 e. The second-order valence-corrected chi connectivity index (χ2v) is 6.14. The summed E-state index contributed by atoms with van der Waals surface area (Å²) in [7, 11) is 2.15. The fraction of sp³-hybridized carbons (Fsp3) is 0.136. The Kier molecular flexibility index (Phi) is 3.87. The molecule has 1 aliphatic rings. The third-order valence-corrected chi connectivity index (χ3v) is 4.63. The summed E-state index contributed by atoms with van der Waals surface area (Å²) in [6.07, 6.45) is 0. The Morgan fingerprint density at radius 3 is 1.75 bits per heavy atom. The van der Waals surface area contributed by atoms with Gasteiger partial charge in [0.05, 0.1) is 6.04 Å². The van der Waals surface area contributed by atoms with Crippen molar-refractivity contribution in [1.29, 1.82) is 0 Å². The van der Waals surface area contributed by atoms with E-state index in [1.54, 1.807) is 0 Å². The van der Waals surface area contributed by atoms with Gasteiger partial charge in [-0.25, -0.2) is 0 Å². The minimum atomic E-state index is 0.105. The first-order valence-electron chi connectivity index (χ1n) is 8.30. The van der Waals surface area contributed by atoms with Crippen LogP contribution in [0.1, 0.15) is 28.8 Å². The molecular weight excluding hydrogens is 292 g/mol. The maximum atomic E-state index is 5.11. The Morgan fingerprint density at radius 2 is 1.17 bits per heavy atom. The van der Waals surface area contributed by atoms with Crippen LogP contribution in [-0.2, 0) is 0 Å². The Hall–Kier alpha value is -2.87. The normalized spacial score (nSPS) is 20.0. The van der Waals surface area contributed by atoms with E-state index in [-0.39, 0.29) is 12.1 Å². The molecule has 0 saturated carbocycles. The molecule has 0 amide bonds. The van der Waals surface area contributed by atoms with E-state index >= 15 is 0 Å². The molecule has 0 aliphatic carbocycles. The molecule has 0 unspecified atom stereocenters. The molecule has 3 aromatic carbocycles. The molecule has 4 rings (SSSR count). The summed E-state index contributed by atoms with van der Waals surface area (Å²) in [6.45, 7) is 0. The van der Waals surface area contributed by atoms with Crippen molar-refractivity contribution < 1.29 is 0 Å². The van der Waals surface area contributed by atoms with Crippen LogP contribution in [0, 0.1) is 0 Å². The number of rotatable bonds is 3. The van der Waals surface area contributed by atoms with Gasteiger partial charge in [-0.15, -0.1) is 0 Å². The number of aliphatic imine (C=N–C) groups is 1. The lowest BCUT2D eigenvalue weighted by Gasteiger charge is -2.27. The average Bonchev–Trinajstić information content (AvgIpc) is 3.01. The van der Waals surface area contributed by atoms with Crippen LogP contribution in [0.25, 0.3) is 0 Å². The van der Waals surface area contributed by atoms with Gasteiger partial charge in [-0.3, -0.25) is 4.99 Å². The first-order chi connectivity index (χ1) is 11.8. The molecule has 0 saturated heterocycles. The predicted octanol–water partition coefficient (Wildman–Crippen LogP) is 4.86. The van der Waals surface area contributed by atoms with Crippen molar-refractivity contribution in [2.75, 3.05) is 7.05 Å². The van der Waals surface area contributed by atoms with E-state index in [1.165, 1.54) is 16.7 Å². The van der Waals surface area contributed by atoms with Crippen molar-refractivity contribution in [3.8, 4) is 0 Å². The van der Waals surface area contributed by atoms with Crippen molar-refractivity contribution in [3.63, 3.8) is 0 Å². The van der Waals surface area contributed by atoms with E-state index in [1.807, 2.05) is 6.07 Å². The minimum Gasteiger partial charge on any atom is -0.350 e. The standard InChI is InChI=1S/C22H20N2/c1-24-21(18-13-7-3-8-14-18)20(17-11-5-2-6-12-17)23-22(24)19-15-9-4-10-16-19/h2-16,20-21H,1H3/t20-,21-/m1/s1. The van der Waals surface area contributed by atoms with Crippen molar-refractivity contribution in [2.24, 2.45) is 4.99 Å². The lowest BCUT2D eigenvalue weighted by atomic mass is 9.94. The predicted molar refractivity (Wildman–Crippen MR) is 99.1 cm³/mol. The van der Waals surface area contributed by atoms with Gasteiger partial charge >= 0.3 is 0 Å². The van der Waals surface area contributed by atoms with Crippen molar-refractivity contribution in [3.05, 3.63) is 108 Å². The summed E-state index contributed by atoms with van der Waals surface area (Å²) >= 11 is 0. The summed E-state index contributed by atoms with van der Waals surface area (Å²) in [5.74, 6) is 1.05. The third kappa shape index (κ3) is 2.61. The van der Waals surface area contributed by atoms with E-state index in [0.29, 0.717) is 0 Å². The molecule has 0 aromatic heterocycles. The van der Waals surface area contributed by atoms with E-state index in [9.17, 15) is 0 Å². The zero-order valence-electron chi connectivity index (χ0n) is 13.7. The van der Waals surface area contributed by atoms with Crippen LogP contribution in [-0.4, -0.2) is 17.8 Å². The van der Waals surface area contributed by atoms with E-state index < -0.39 is 0 Å². The lowest BCUT2D eigenvalue weighted by Crippen LogP contribution is -2.28. The molecule has 3 aromatic rings. The van der Waals surface area contributed by atoms with E-state index in [0.717, 1.165) is 5.84 Å². The molecule has 1 aliphatic heterocycles. The van der Waals surface area contributed by atoms with E-state index in [2.05, 4.69) is 96.9 Å². The molecule has 0 fully saturated rings. The van der Waals surface area contributed by atoms with Gasteiger partial charge in [0.1, 0.15) is 11.9 Å². The van der Waals surface area contributed by atoms with Gasteiger partial charge in [-0.2, -0.15) is 0 Å². The van der Waals surface area contributed by atoms with Gasteiger partial charge in [0, 0.05) is 12.6 Å². The van der Waals surface area contributed by atoms with Gasteiger partial charge in [0.2, 0.25) is 0 Å². The quantitative estimate of drug-likeness (QED) is 0.674. The summed E-state index contributed by atoms with van der Waals surface area (Å²) in [4.78, 5) is 7.42. The maximum absolute atomic E-state index is 5.11. The van der Waals surface area contributed by atoms with Crippen LogP contribution >= 0.6 is 0 Å². The molecule has 2 heteroatoms. The highest BCUT2D eigenvalue weighted by atomic mass is 15.3. The summed E-state index contributed by atoms with van der Waals surface area (Å²) < 4.78 is 0. The smallest absolute Gasteiger partial charge is 0.131 e. The van der Waals surface area contributed by atoms with E-state index in [4.69, 9.17) is 4.99 Å². The second-order valence-electron chi connectivity index (χ2n) is 6.14. The number of hydrogen-bond donors (Lipinski definition) is 0. The SMILES string of the molecule is CN1C(c2ccccc2)=N[C@H](c2ccccc2)[C@H]1c1ccccc1. The van der Waals surface area contributed by atoms with Gasteiger partial charge in [-0.1, -0.05) is 91.0 Å². The molecule has 1 heterocycles. The van der Waals surface area contributed by atoms with Crippen LogP contribution < -0.4 is 0 Å². The summed E-state index contributed by atoms with van der Waals surface area (Å²) in [5.41, 5.74) is 3.71. The average molecular weight is 312 g/mol. The third-order valence-electron chi connectivity index (χ3n) is 4.63. The van der Waals surface area contributed by atoms with Gasteiger partial charge < -0.3 is 4.90 Å². The van der Waals surface area contributed by atoms with Gasteiger partial charge in [0.15, 0.2) is 0 Å². The van der Waals surface area contributed by atoms with Crippen molar-refractivity contribution >= 4 is 5.84 Å². The number of benzene rings is 3. The highest BCUT2D eigenvalue weighted by molar-refractivity contribution is 6.00. The molecule has 24 heavy (non-hydrogen) atoms. The molecule has 0 spiro atoms. The Bertz CT molecular complexity index is 826. The van der Waals surface area contributed by atoms with Crippen LogP contribution in [0.3, 0.4) is 0 Å².